The molecule has 2 aromatic carbocycles. The third-order valence-electron chi connectivity index (χ3n) is 5.34. The number of rotatable bonds is 8. The van der Waals surface area contributed by atoms with E-state index >= 15 is 0 Å². The Morgan fingerprint density at radius 3 is 2.49 bits per heavy atom. The minimum atomic E-state index is -0.572. The summed E-state index contributed by atoms with van der Waals surface area (Å²) in [4.78, 5) is 41.4. The van der Waals surface area contributed by atoms with Crippen LogP contribution in [0.15, 0.2) is 41.4 Å². The van der Waals surface area contributed by atoms with E-state index in [1.165, 1.54) is 18.5 Å². The molecule has 194 valence electrons. The highest BCUT2D eigenvalue weighted by atomic mass is 35.5. The first kappa shape index (κ1) is 27.8. The highest BCUT2D eigenvalue weighted by Crippen LogP contribution is 2.29. The van der Waals surface area contributed by atoms with E-state index in [9.17, 15) is 14.4 Å². The molecule has 2 amide bonds. The highest BCUT2D eigenvalue weighted by molar-refractivity contribution is 7.06. The highest BCUT2D eigenvalue weighted by Gasteiger charge is 2.20. The number of aromatic nitrogens is 1. The Kier molecular flexibility index (Phi) is 9.37. The summed E-state index contributed by atoms with van der Waals surface area (Å²) in [7, 11) is 0. The van der Waals surface area contributed by atoms with E-state index in [2.05, 4.69) is 20.0 Å². The molecule has 0 atom stereocenters. The Balaban J connectivity index is 1.71. The molecular weight excluding hydrogens is 514 g/mol. The van der Waals surface area contributed by atoms with E-state index in [4.69, 9.17) is 22.1 Å². The van der Waals surface area contributed by atoms with Crippen LogP contribution < -0.4 is 16.4 Å². The first-order valence-electron chi connectivity index (χ1n) is 11.5. The fraction of sp³-hybridized carbons (Fsp3) is 0.269. The monoisotopic (exact) mass is 541 g/mol. The van der Waals surface area contributed by atoms with Gasteiger partial charge in [0, 0.05) is 16.0 Å². The maximum absolute atomic E-state index is 13.0. The minimum absolute atomic E-state index is 0.0418. The van der Waals surface area contributed by atoms with Gasteiger partial charge in [0.15, 0.2) is 11.7 Å². The molecule has 0 saturated carbocycles. The molecule has 0 aliphatic carbocycles. The molecule has 0 radical (unpaired) electrons. The van der Waals surface area contributed by atoms with Crippen molar-refractivity contribution in [3.8, 4) is 11.3 Å². The second-order valence-corrected chi connectivity index (χ2v) is 9.67. The SMILES string of the molecule is CCCOC(=O)Nc1c(C)cc(CN=C(N)NC(=O)c2c(-c3ccc(C(C)=O)cc3)nsc2C)cc1Cl. The number of hydrogen-bond acceptors (Lipinski definition) is 7. The third-order valence-corrected chi connectivity index (χ3v) is 6.39. The van der Waals surface area contributed by atoms with E-state index in [-0.39, 0.29) is 18.3 Å². The summed E-state index contributed by atoms with van der Waals surface area (Å²) in [6.45, 7) is 7.47. The summed E-state index contributed by atoms with van der Waals surface area (Å²) < 4.78 is 9.45. The molecule has 0 spiro atoms. The Morgan fingerprint density at radius 2 is 1.86 bits per heavy atom. The molecule has 3 rings (SSSR count). The molecule has 0 aliphatic rings. The Bertz CT molecular complexity index is 1330. The summed E-state index contributed by atoms with van der Waals surface area (Å²) in [5.41, 5.74) is 10.1. The fourth-order valence-corrected chi connectivity index (χ4v) is 4.53. The zero-order valence-electron chi connectivity index (χ0n) is 21.0. The van der Waals surface area contributed by atoms with Crippen molar-refractivity contribution in [2.24, 2.45) is 10.7 Å². The number of hydrogen-bond donors (Lipinski definition) is 3. The number of guanidine groups is 1. The number of halogens is 1. The maximum atomic E-state index is 13.0. The summed E-state index contributed by atoms with van der Waals surface area (Å²) >= 11 is 7.56. The van der Waals surface area contributed by atoms with Gasteiger partial charge >= 0.3 is 6.09 Å². The molecule has 3 aromatic rings. The molecule has 1 aromatic heterocycles. The van der Waals surface area contributed by atoms with Gasteiger partial charge in [0.05, 0.1) is 35.1 Å². The van der Waals surface area contributed by atoms with Crippen molar-refractivity contribution in [1.82, 2.24) is 9.69 Å². The lowest BCUT2D eigenvalue weighted by molar-refractivity contribution is 0.0975. The normalized spacial score (nSPS) is 11.2. The number of Topliss-reactive ketones (excluding diaryl/α,β-unsaturated/α-hetero) is 1. The predicted molar refractivity (Wildman–Crippen MR) is 147 cm³/mol. The van der Waals surface area contributed by atoms with Crippen LogP contribution in [-0.4, -0.2) is 34.7 Å². The molecule has 0 saturated heterocycles. The van der Waals surface area contributed by atoms with Crippen LogP contribution in [0, 0.1) is 13.8 Å². The van der Waals surface area contributed by atoms with Crippen LogP contribution in [0.1, 0.15) is 57.0 Å². The number of amides is 2. The maximum Gasteiger partial charge on any atom is 0.411 e. The van der Waals surface area contributed by atoms with E-state index in [1.807, 2.05) is 13.0 Å². The summed E-state index contributed by atoms with van der Waals surface area (Å²) in [6, 6.07) is 10.4. The van der Waals surface area contributed by atoms with Gasteiger partial charge in [-0.15, -0.1) is 0 Å². The van der Waals surface area contributed by atoms with E-state index in [0.717, 1.165) is 16.0 Å². The van der Waals surface area contributed by atoms with Crippen LogP contribution in [0.2, 0.25) is 5.02 Å². The number of nitrogens with zero attached hydrogens (tertiary/aromatic N) is 2. The van der Waals surface area contributed by atoms with Gasteiger partial charge in [0.1, 0.15) is 0 Å². The van der Waals surface area contributed by atoms with E-state index in [1.54, 1.807) is 44.2 Å². The molecule has 4 N–H and O–H groups in total. The smallest absolute Gasteiger partial charge is 0.411 e. The number of nitrogens with two attached hydrogens (primary N) is 1. The van der Waals surface area contributed by atoms with Crippen LogP contribution in [0.25, 0.3) is 11.3 Å². The number of ether oxygens (including phenoxy) is 1. The molecule has 0 aliphatic heterocycles. The van der Waals surface area contributed by atoms with Crippen molar-refractivity contribution < 1.29 is 19.1 Å². The Labute approximate surface area is 224 Å². The fourth-order valence-electron chi connectivity index (χ4n) is 3.49. The van der Waals surface area contributed by atoms with Crippen LogP contribution in [0.5, 0.6) is 0 Å². The molecule has 11 heteroatoms. The molecule has 1 heterocycles. The number of carbonyl (C=O) groups excluding carboxylic acids is 3. The molecule has 0 fully saturated rings. The van der Waals surface area contributed by atoms with E-state index < -0.39 is 12.0 Å². The number of ketones is 1. The molecule has 0 unspecified atom stereocenters. The van der Waals surface area contributed by atoms with Crippen LogP contribution in [-0.2, 0) is 11.3 Å². The van der Waals surface area contributed by atoms with Crippen molar-refractivity contribution >= 4 is 52.6 Å². The number of aliphatic imine (C=N–C) groups is 1. The van der Waals surface area contributed by atoms with Gasteiger partial charge in [-0.05, 0) is 55.9 Å². The minimum Gasteiger partial charge on any atom is -0.449 e. The zero-order chi connectivity index (χ0) is 27.1. The zero-order valence-corrected chi connectivity index (χ0v) is 22.5. The molecule has 9 nitrogen and oxygen atoms in total. The van der Waals surface area contributed by atoms with Gasteiger partial charge in [-0.25, -0.2) is 9.79 Å². The lowest BCUT2D eigenvalue weighted by Gasteiger charge is -2.12. The summed E-state index contributed by atoms with van der Waals surface area (Å²) in [5, 5.41) is 5.60. The van der Waals surface area contributed by atoms with Gasteiger partial charge in [-0.1, -0.05) is 48.9 Å². The van der Waals surface area contributed by atoms with Gasteiger partial charge in [0.25, 0.3) is 5.91 Å². The summed E-state index contributed by atoms with van der Waals surface area (Å²) in [6.07, 6.45) is 0.143. The van der Waals surface area contributed by atoms with Crippen LogP contribution >= 0.6 is 23.1 Å². The van der Waals surface area contributed by atoms with Crippen molar-refractivity contribution in [2.45, 2.75) is 40.7 Å². The molecule has 0 bridgehead atoms. The number of carbonyl (C=O) groups is 3. The van der Waals surface area contributed by atoms with Crippen molar-refractivity contribution in [3.05, 3.63) is 68.6 Å². The van der Waals surface area contributed by atoms with E-state index in [0.29, 0.717) is 46.1 Å². The lowest BCUT2D eigenvalue weighted by Crippen LogP contribution is -2.37. The quantitative estimate of drug-likeness (QED) is 0.196. The second kappa shape index (κ2) is 12.5. The number of anilines is 1. The van der Waals surface area contributed by atoms with Gasteiger partial charge < -0.3 is 10.5 Å². The number of nitrogens with one attached hydrogen (secondary N) is 2. The second-order valence-electron chi connectivity index (χ2n) is 8.28. The number of benzene rings is 2. The Morgan fingerprint density at radius 1 is 1.16 bits per heavy atom. The largest absolute Gasteiger partial charge is 0.449 e. The third kappa shape index (κ3) is 7.14. The Hall–Kier alpha value is -3.76. The number of aryl methyl sites for hydroxylation is 2. The average molecular weight is 542 g/mol. The van der Waals surface area contributed by atoms with Gasteiger partial charge in [-0.3, -0.25) is 20.2 Å². The first-order chi connectivity index (χ1) is 17.6. The average Bonchev–Trinajstić information content (AvgIpc) is 3.25. The predicted octanol–water partition coefficient (Wildman–Crippen LogP) is 5.49. The van der Waals surface area contributed by atoms with Gasteiger partial charge in [-0.2, -0.15) is 4.37 Å². The molecule has 37 heavy (non-hydrogen) atoms. The lowest BCUT2D eigenvalue weighted by atomic mass is 10.0. The van der Waals surface area contributed by atoms with Crippen molar-refractivity contribution in [2.75, 3.05) is 11.9 Å². The van der Waals surface area contributed by atoms with Crippen molar-refractivity contribution in [3.63, 3.8) is 0 Å². The van der Waals surface area contributed by atoms with Crippen LogP contribution in [0.4, 0.5) is 10.5 Å². The van der Waals surface area contributed by atoms with Crippen LogP contribution in [0.3, 0.4) is 0 Å². The topological polar surface area (TPSA) is 136 Å². The first-order valence-corrected chi connectivity index (χ1v) is 12.7. The molecular formula is C26H28ClN5O4S. The van der Waals surface area contributed by atoms with Gasteiger partial charge in [0.2, 0.25) is 0 Å². The van der Waals surface area contributed by atoms with Crippen molar-refractivity contribution in [1.29, 1.82) is 0 Å². The standard InChI is InChI=1S/C26H28ClN5O4S/c1-5-10-36-26(35)30-22-14(2)11-17(12-20(22)27)13-29-25(28)31-24(34)21-16(4)37-32-23(21)19-8-6-18(7-9-19)15(3)33/h6-9,11-12H,5,10,13H2,1-4H3,(H,30,35)(H3,28,29,31,34). The summed E-state index contributed by atoms with van der Waals surface area (Å²) in [5.74, 6) is -0.537.